The van der Waals surface area contributed by atoms with Gasteiger partial charge in [-0.15, -0.1) is 11.8 Å². The fourth-order valence-electron chi connectivity index (χ4n) is 1.59. The summed E-state index contributed by atoms with van der Waals surface area (Å²) in [5.74, 6) is 0.374. The number of hydrogen-bond donors (Lipinski definition) is 1. The molecule has 0 aliphatic rings. The highest BCUT2D eigenvalue weighted by Gasteiger charge is 2.13. The predicted octanol–water partition coefficient (Wildman–Crippen LogP) is 2.55. The van der Waals surface area contributed by atoms with Crippen molar-refractivity contribution in [1.29, 1.82) is 0 Å². The van der Waals surface area contributed by atoms with Gasteiger partial charge in [-0.25, -0.2) is 12.8 Å². The van der Waals surface area contributed by atoms with Crippen molar-refractivity contribution in [3.63, 3.8) is 0 Å². The molecule has 0 amide bonds. The van der Waals surface area contributed by atoms with Crippen LogP contribution in [0.2, 0.25) is 0 Å². The van der Waals surface area contributed by atoms with Gasteiger partial charge in [-0.05, 0) is 44.2 Å². The number of nitrogens with one attached hydrogen (secondary N) is 1. The average Bonchev–Trinajstić information content (AvgIpc) is 2.30. The molecule has 0 aliphatic heterocycles. The first-order chi connectivity index (χ1) is 8.74. The first-order valence-corrected chi connectivity index (χ1v) is 9.07. The number of hydrogen-bond acceptors (Lipinski definition) is 4. The zero-order chi connectivity index (χ0) is 14.6. The van der Waals surface area contributed by atoms with Crippen molar-refractivity contribution < 1.29 is 12.8 Å². The van der Waals surface area contributed by atoms with E-state index in [0.29, 0.717) is 11.3 Å². The molecule has 1 unspecified atom stereocenters. The molecule has 108 valence electrons. The Balaban J connectivity index is 2.94. The van der Waals surface area contributed by atoms with Crippen LogP contribution in [0.4, 0.5) is 4.39 Å². The lowest BCUT2D eigenvalue weighted by atomic mass is 10.1. The Kier molecular flexibility index (Phi) is 5.82. The fraction of sp³-hybridized carbons (Fsp3) is 0.538. The first kappa shape index (κ1) is 16.5. The zero-order valence-corrected chi connectivity index (χ0v) is 13.3. The summed E-state index contributed by atoms with van der Waals surface area (Å²) < 4.78 is 35.9. The van der Waals surface area contributed by atoms with Crippen LogP contribution >= 0.6 is 11.8 Å². The minimum Gasteiger partial charge on any atom is -0.313 e. The molecule has 0 spiro atoms. The van der Waals surface area contributed by atoms with Gasteiger partial charge in [-0.1, -0.05) is 0 Å². The highest BCUT2D eigenvalue weighted by atomic mass is 32.2. The van der Waals surface area contributed by atoms with Crippen LogP contribution in [0.3, 0.4) is 0 Å². The molecule has 1 rings (SSSR count). The van der Waals surface area contributed by atoms with Gasteiger partial charge in [0.25, 0.3) is 0 Å². The monoisotopic (exact) mass is 305 g/mol. The molecule has 0 bridgehead atoms. The molecule has 0 saturated heterocycles. The van der Waals surface area contributed by atoms with Crippen LogP contribution in [0.25, 0.3) is 0 Å². The number of aryl methyl sites for hydroxylation is 1. The van der Waals surface area contributed by atoms with Crippen LogP contribution in [0.5, 0.6) is 0 Å². The molecule has 0 aliphatic carbocycles. The molecule has 19 heavy (non-hydrogen) atoms. The normalized spacial score (nSPS) is 13.5. The lowest BCUT2D eigenvalue weighted by molar-refractivity contribution is 0.594. The molecule has 0 heterocycles. The SMILES string of the molecule is CNC(C)c1cc(F)c(C)cc1SCCS(C)(=O)=O. The van der Waals surface area contributed by atoms with Gasteiger partial charge < -0.3 is 5.32 Å². The second-order valence-corrected chi connectivity index (χ2v) is 8.02. The van der Waals surface area contributed by atoms with Crippen molar-refractivity contribution in [1.82, 2.24) is 5.32 Å². The third kappa shape index (κ3) is 5.12. The minimum atomic E-state index is -2.96. The lowest BCUT2D eigenvalue weighted by Crippen LogP contribution is -2.14. The number of benzene rings is 1. The van der Waals surface area contributed by atoms with Gasteiger partial charge in [0.05, 0.1) is 5.75 Å². The van der Waals surface area contributed by atoms with Crippen LogP contribution in [-0.4, -0.2) is 33.2 Å². The van der Waals surface area contributed by atoms with Crippen LogP contribution in [-0.2, 0) is 9.84 Å². The molecule has 1 aromatic carbocycles. The molecular weight excluding hydrogens is 285 g/mol. The first-order valence-electron chi connectivity index (χ1n) is 6.02. The number of halogens is 1. The third-order valence-electron chi connectivity index (χ3n) is 2.90. The molecule has 1 N–H and O–H groups in total. The maximum Gasteiger partial charge on any atom is 0.148 e. The Morgan fingerprint density at radius 1 is 1.42 bits per heavy atom. The highest BCUT2D eigenvalue weighted by Crippen LogP contribution is 2.30. The van der Waals surface area contributed by atoms with Gasteiger partial charge in [0.15, 0.2) is 0 Å². The summed E-state index contributed by atoms with van der Waals surface area (Å²) in [6.45, 7) is 3.66. The molecule has 3 nitrogen and oxygen atoms in total. The summed E-state index contributed by atoms with van der Waals surface area (Å²) in [6.07, 6.45) is 1.22. The van der Waals surface area contributed by atoms with Gasteiger partial charge >= 0.3 is 0 Å². The van der Waals surface area contributed by atoms with Crippen LogP contribution in [0.1, 0.15) is 24.1 Å². The van der Waals surface area contributed by atoms with Crippen molar-refractivity contribution in [3.05, 3.63) is 29.1 Å². The highest BCUT2D eigenvalue weighted by molar-refractivity contribution is 8.00. The number of sulfone groups is 1. The van der Waals surface area contributed by atoms with Gasteiger partial charge in [0.1, 0.15) is 15.7 Å². The molecule has 1 atom stereocenters. The summed E-state index contributed by atoms with van der Waals surface area (Å²) in [7, 11) is -1.15. The standard InChI is InChI=1S/C13H20FNO2S2/c1-9-7-13(18-5-6-19(4,16)17)11(8-12(9)14)10(2)15-3/h7-8,10,15H,5-6H2,1-4H3. The minimum absolute atomic E-state index is 0.0239. The van der Waals surface area contributed by atoms with E-state index in [4.69, 9.17) is 0 Å². The summed E-state index contributed by atoms with van der Waals surface area (Å²) in [4.78, 5) is 0.935. The predicted molar refractivity (Wildman–Crippen MR) is 79.0 cm³/mol. The van der Waals surface area contributed by atoms with Crippen LogP contribution in [0, 0.1) is 12.7 Å². The van der Waals surface area contributed by atoms with E-state index in [0.717, 1.165) is 10.5 Å². The van der Waals surface area contributed by atoms with Gasteiger partial charge in [0, 0.05) is 22.9 Å². The Bertz CT molecular complexity index is 544. The van der Waals surface area contributed by atoms with E-state index in [1.165, 1.54) is 24.1 Å². The van der Waals surface area contributed by atoms with E-state index >= 15 is 0 Å². The maximum atomic E-state index is 13.6. The van der Waals surface area contributed by atoms with Crippen molar-refractivity contribution in [2.24, 2.45) is 0 Å². The number of rotatable bonds is 6. The Morgan fingerprint density at radius 3 is 2.58 bits per heavy atom. The topological polar surface area (TPSA) is 46.2 Å². The Hall–Kier alpha value is -0.590. The number of thioether (sulfide) groups is 1. The molecule has 6 heteroatoms. The van der Waals surface area contributed by atoms with Crippen molar-refractivity contribution in [3.8, 4) is 0 Å². The van der Waals surface area contributed by atoms with E-state index in [2.05, 4.69) is 5.32 Å². The summed E-state index contributed by atoms with van der Waals surface area (Å²) in [6, 6.07) is 3.33. The molecule has 0 fully saturated rings. The van der Waals surface area contributed by atoms with Crippen molar-refractivity contribution in [2.45, 2.75) is 24.8 Å². The largest absolute Gasteiger partial charge is 0.313 e. The molecule has 1 aromatic rings. The smallest absolute Gasteiger partial charge is 0.148 e. The van der Waals surface area contributed by atoms with Crippen molar-refractivity contribution >= 4 is 21.6 Å². The van der Waals surface area contributed by atoms with Gasteiger partial charge in [-0.3, -0.25) is 0 Å². The van der Waals surface area contributed by atoms with E-state index in [9.17, 15) is 12.8 Å². The van der Waals surface area contributed by atoms with E-state index in [1.807, 2.05) is 14.0 Å². The summed E-state index contributed by atoms with van der Waals surface area (Å²) in [5, 5.41) is 3.08. The van der Waals surface area contributed by atoms with Crippen molar-refractivity contribution in [2.75, 3.05) is 24.8 Å². The van der Waals surface area contributed by atoms with Crippen LogP contribution in [0.15, 0.2) is 17.0 Å². The maximum absolute atomic E-state index is 13.6. The zero-order valence-electron chi connectivity index (χ0n) is 11.7. The second-order valence-electron chi connectivity index (χ2n) is 4.63. The summed E-state index contributed by atoms with van der Waals surface area (Å²) >= 11 is 1.45. The summed E-state index contributed by atoms with van der Waals surface area (Å²) in [5.41, 5.74) is 1.44. The van der Waals surface area contributed by atoms with E-state index in [-0.39, 0.29) is 17.6 Å². The van der Waals surface area contributed by atoms with E-state index in [1.54, 1.807) is 13.0 Å². The van der Waals surface area contributed by atoms with Gasteiger partial charge in [-0.2, -0.15) is 0 Å². The average molecular weight is 305 g/mol. The molecular formula is C13H20FNO2S2. The van der Waals surface area contributed by atoms with E-state index < -0.39 is 9.84 Å². The third-order valence-corrected chi connectivity index (χ3v) is 5.18. The molecule has 0 aromatic heterocycles. The van der Waals surface area contributed by atoms with Crippen LogP contribution < -0.4 is 5.32 Å². The molecule has 0 radical (unpaired) electrons. The Labute approximate surface area is 118 Å². The lowest BCUT2D eigenvalue weighted by Gasteiger charge is -2.16. The fourth-order valence-corrected chi connectivity index (χ4v) is 4.02. The van der Waals surface area contributed by atoms with Gasteiger partial charge in [0.2, 0.25) is 0 Å². The molecule has 0 saturated carbocycles. The second kappa shape index (κ2) is 6.72. The quantitative estimate of drug-likeness (QED) is 0.821. The Morgan fingerprint density at radius 2 is 2.05 bits per heavy atom.